The Labute approximate surface area is 124 Å². The van der Waals surface area contributed by atoms with Crippen LogP contribution in [0.3, 0.4) is 0 Å². The molecule has 0 aromatic carbocycles. The minimum Gasteiger partial charge on any atom is -0.480 e. The van der Waals surface area contributed by atoms with Crippen LogP contribution in [-0.4, -0.2) is 89.8 Å². The van der Waals surface area contributed by atoms with Gasteiger partial charge in [-0.2, -0.15) is 0 Å². The molecule has 1 N–H and O–H groups in total. The molecule has 0 aliphatic carbocycles. The Balaban J connectivity index is 1.69. The summed E-state index contributed by atoms with van der Waals surface area (Å²) in [5, 5.41) is 9.26. The molecular formula is C14H23N3O4. The highest BCUT2D eigenvalue weighted by Crippen LogP contribution is 2.22. The fourth-order valence-electron chi connectivity index (χ4n) is 3.60. The molecule has 2 atom stereocenters. The van der Waals surface area contributed by atoms with Crippen molar-refractivity contribution in [2.45, 2.75) is 31.3 Å². The van der Waals surface area contributed by atoms with Gasteiger partial charge in [0, 0.05) is 32.2 Å². The van der Waals surface area contributed by atoms with Crippen LogP contribution >= 0.6 is 0 Å². The van der Waals surface area contributed by atoms with Crippen LogP contribution in [0.4, 0.5) is 4.79 Å². The number of aliphatic carboxylic acids is 1. The van der Waals surface area contributed by atoms with Gasteiger partial charge in [0.15, 0.2) is 6.04 Å². The molecule has 21 heavy (non-hydrogen) atoms. The van der Waals surface area contributed by atoms with Crippen LogP contribution in [0.1, 0.15) is 19.3 Å². The van der Waals surface area contributed by atoms with Crippen molar-refractivity contribution in [1.82, 2.24) is 14.7 Å². The van der Waals surface area contributed by atoms with E-state index in [1.807, 2.05) is 4.90 Å². The van der Waals surface area contributed by atoms with Gasteiger partial charge in [-0.25, -0.2) is 9.59 Å². The third-order valence-electron chi connectivity index (χ3n) is 4.73. The van der Waals surface area contributed by atoms with E-state index in [9.17, 15) is 14.7 Å². The van der Waals surface area contributed by atoms with E-state index in [-0.39, 0.29) is 12.6 Å². The fourth-order valence-corrected chi connectivity index (χ4v) is 3.60. The number of amides is 2. The average Bonchev–Trinajstić information content (AvgIpc) is 2.83. The zero-order valence-electron chi connectivity index (χ0n) is 12.2. The lowest BCUT2D eigenvalue weighted by Crippen LogP contribution is -2.57. The van der Waals surface area contributed by atoms with Crippen molar-refractivity contribution in [3.63, 3.8) is 0 Å². The second-order valence-corrected chi connectivity index (χ2v) is 6.04. The minimum absolute atomic E-state index is 0.0878. The summed E-state index contributed by atoms with van der Waals surface area (Å²) in [6.45, 7) is 4.48. The fraction of sp³-hybridized carbons (Fsp3) is 0.857. The topological polar surface area (TPSA) is 73.3 Å². The lowest BCUT2D eigenvalue weighted by molar-refractivity contribution is -0.147. The number of ether oxygens (including phenoxy) is 1. The van der Waals surface area contributed by atoms with Gasteiger partial charge in [0.05, 0.1) is 13.2 Å². The third kappa shape index (κ3) is 2.98. The Kier molecular flexibility index (Phi) is 4.30. The Hall–Kier alpha value is -1.34. The molecule has 3 rings (SSSR count). The van der Waals surface area contributed by atoms with Gasteiger partial charge in [-0.1, -0.05) is 0 Å². The molecule has 2 amide bonds. The maximum absolute atomic E-state index is 12.7. The second kappa shape index (κ2) is 6.19. The van der Waals surface area contributed by atoms with Crippen LogP contribution in [0.15, 0.2) is 0 Å². The molecule has 118 valence electrons. The first-order valence-corrected chi connectivity index (χ1v) is 7.77. The first-order valence-electron chi connectivity index (χ1n) is 7.77. The number of hydrogen-bond donors (Lipinski definition) is 1. The molecule has 0 bridgehead atoms. The Morgan fingerprint density at radius 2 is 1.90 bits per heavy atom. The monoisotopic (exact) mass is 297 g/mol. The van der Waals surface area contributed by atoms with Gasteiger partial charge >= 0.3 is 12.0 Å². The first-order chi connectivity index (χ1) is 10.2. The number of rotatable bonds is 1. The predicted molar refractivity (Wildman–Crippen MR) is 75.1 cm³/mol. The number of carboxylic acid groups (broad SMARTS) is 1. The molecule has 3 saturated heterocycles. The molecule has 0 aromatic rings. The van der Waals surface area contributed by atoms with Gasteiger partial charge in [-0.3, -0.25) is 4.90 Å². The number of carbonyl (C=O) groups excluding carboxylic acids is 1. The van der Waals surface area contributed by atoms with E-state index in [2.05, 4.69) is 4.90 Å². The Morgan fingerprint density at radius 3 is 2.71 bits per heavy atom. The van der Waals surface area contributed by atoms with Gasteiger partial charge in [0.25, 0.3) is 0 Å². The summed E-state index contributed by atoms with van der Waals surface area (Å²) in [6, 6.07) is -0.547. The highest BCUT2D eigenvalue weighted by Gasteiger charge is 2.37. The zero-order valence-corrected chi connectivity index (χ0v) is 12.2. The molecule has 3 fully saturated rings. The van der Waals surface area contributed by atoms with Gasteiger partial charge in [-0.05, 0) is 25.8 Å². The van der Waals surface area contributed by atoms with Crippen LogP contribution in [0.5, 0.6) is 0 Å². The maximum atomic E-state index is 12.7. The number of morpholine rings is 1. The number of carbonyl (C=O) groups is 2. The van der Waals surface area contributed by atoms with Crippen LogP contribution < -0.4 is 0 Å². The van der Waals surface area contributed by atoms with E-state index in [0.717, 1.165) is 39.0 Å². The van der Waals surface area contributed by atoms with Crippen molar-refractivity contribution in [2.75, 3.05) is 45.9 Å². The summed E-state index contributed by atoms with van der Waals surface area (Å²) in [4.78, 5) is 29.8. The van der Waals surface area contributed by atoms with Crippen molar-refractivity contribution in [3.8, 4) is 0 Å². The number of fused-ring (bicyclic) bond motifs is 1. The molecule has 0 aromatic heterocycles. The van der Waals surface area contributed by atoms with E-state index in [4.69, 9.17) is 4.74 Å². The van der Waals surface area contributed by atoms with Crippen LogP contribution in [-0.2, 0) is 9.53 Å². The smallest absolute Gasteiger partial charge is 0.328 e. The van der Waals surface area contributed by atoms with E-state index >= 15 is 0 Å². The summed E-state index contributed by atoms with van der Waals surface area (Å²) in [5.74, 6) is -0.986. The number of nitrogens with zero attached hydrogens (tertiary/aromatic N) is 3. The Morgan fingerprint density at radius 1 is 1.10 bits per heavy atom. The molecule has 0 radical (unpaired) electrons. The van der Waals surface area contributed by atoms with Crippen LogP contribution in [0.25, 0.3) is 0 Å². The zero-order chi connectivity index (χ0) is 14.8. The molecule has 3 aliphatic heterocycles. The van der Waals surface area contributed by atoms with Crippen LogP contribution in [0.2, 0.25) is 0 Å². The van der Waals surface area contributed by atoms with Gasteiger partial charge < -0.3 is 19.6 Å². The standard InChI is InChI=1S/C14H23N3O4/c18-13(19)12-10-21-8-7-17(12)14(20)16-6-2-5-15-4-1-3-11(15)9-16/h11-12H,1-10H2,(H,18,19). The van der Waals surface area contributed by atoms with Crippen molar-refractivity contribution >= 4 is 12.0 Å². The SMILES string of the molecule is O=C(O)C1COCCN1C(=O)N1CCCN2CCCC2C1. The van der Waals surface area contributed by atoms with Crippen molar-refractivity contribution in [1.29, 1.82) is 0 Å². The molecule has 3 aliphatic rings. The number of hydrogen-bond acceptors (Lipinski definition) is 4. The first kappa shape index (κ1) is 14.6. The average molecular weight is 297 g/mol. The molecular weight excluding hydrogens is 274 g/mol. The summed E-state index contributed by atoms with van der Waals surface area (Å²) in [7, 11) is 0. The highest BCUT2D eigenvalue weighted by molar-refractivity contribution is 5.83. The van der Waals surface area contributed by atoms with E-state index in [1.54, 1.807) is 0 Å². The number of urea groups is 1. The van der Waals surface area contributed by atoms with Gasteiger partial charge in [0.2, 0.25) is 0 Å². The predicted octanol–water partition coefficient (Wildman–Crippen LogP) is 0.0619. The van der Waals surface area contributed by atoms with Crippen molar-refractivity contribution < 1.29 is 19.4 Å². The summed E-state index contributed by atoms with van der Waals surface area (Å²) in [5.41, 5.74) is 0. The molecule has 7 heteroatoms. The third-order valence-corrected chi connectivity index (χ3v) is 4.73. The molecule has 7 nitrogen and oxygen atoms in total. The van der Waals surface area contributed by atoms with Gasteiger partial charge in [0.1, 0.15) is 0 Å². The lowest BCUT2D eigenvalue weighted by Gasteiger charge is -2.37. The highest BCUT2D eigenvalue weighted by atomic mass is 16.5. The summed E-state index contributed by atoms with van der Waals surface area (Å²) >= 11 is 0. The normalized spacial score (nSPS) is 30.9. The van der Waals surface area contributed by atoms with Crippen molar-refractivity contribution in [3.05, 3.63) is 0 Å². The minimum atomic E-state index is -0.986. The van der Waals surface area contributed by atoms with E-state index < -0.39 is 12.0 Å². The van der Waals surface area contributed by atoms with Crippen LogP contribution in [0, 0.1) is 0 Å². The lowest BCUT2D eigenvalue weighted by atomic mass is 10.2. The molecule has 0 spiro atoms. The molecule has 3 heterocycles. The summed E-state index contributed by atoms with van der Waals surface area (Å²) in [6.07, 6.45) is 3.29. The molecule has 0 saturated carbocycles. The van der Waals surface area contributed by atoms with Crippen molar-refractivity contribution in [2.24, 2.45) is 0 Å². The Bertz CT molecular complexity index is 417. The van der Waals surface area contributed by atoms with E-state index in [0.29, 0.717) is 19.2 Å². The second-order valence-electron chi connectivity index (χ2n) is 6.04. The quantitative estimate of drug-likeness (QED) is 0.741. The van der Waals surface area contributed by atoms with Gasteiger partial charge in [-0.15, -0.1) is 0 Å². The summed E-state index contributed by atoms with van der Waals surface area (Å²) < 4.78 is 5.20. The molecule has 2 unspecified atom stereocenters. The maximum Gasteiger partial charge on any atom is 0.328 e. The van der Waals surface area contributed by atoms with E-state index in [1.165, 1.54) is 11.3 Å². The largest absolute Gasteiger partial charge is 0.480 e. The number of carboxylic acids is 1.